The van der Waals surface area contributed by atoms with Crippen LogP contribution in [0.15, 0.2) is 12.3 Å². The highest BCUT2D eigenvalue weighted by molar-refractivity contribution is 6.05. The fourth-order valence-electron chi connectivity index (χ4n) is 3.26. The standard InChI is InChI=1S/C17H20N4O2/c1-11(2)23-6-5-12(3)17(10-20)15(21)14(7-22)13(4)16(17,8-18)9-19/h5-7,11-14,21H,1-4H3/b6-5+,21-15?/t12-,13-,14+,17-/m0/s1. The van der Waals surface area contributed by atoms with E-state index in [4.69, 9.17) is 10.1 Å². The third-order valence-electron chi connectivity index (χ3n) is 4.68. The van der Waals surface area contributed by atoms with Crippen LogP contribution in [0.1, 0.15) is 27.7 Å². The predicted molar refractivity (Wildman–Crippen MR) is 82.7 cm³/mol. The van der Waals surface area contributed by atoms with Crippen LogP contribution in [0.4, 0.5) is 0 Å². The van der Waals surface area contributed by atoms with Gasteiger partial charge >= 0.3 is 0 Å². The number of carbonyl (C=O) groups is 1. The van der Waals surface area contributed by atoms with E-state index in [0.29, 0.717) is 6.29 Å². The lowest BCUT2D eigenvalue weighted by molar-refractivity contribution is -0.110. The molecule has 23 heavy (non-hydrogen) atoms. The van der Waals surface area contributed by atoms with Gasteiger partial charge in [-0.1, -0.05) is 13.8 Å². The molecular formula is C17H20N4O2. The first kappa shape index (κ1) is 18.4. The maximum absolute atomic E-state index is 11.4. The molecule has 6 heteroatoms. The molecule has 0 aromatic carbocycles. The Balaban J connectivity index is 3.51. The summed E-state index contributed by atoms with van der Waals surface area (Å²) in [5, 5.41) is 37.4. The van der Waals surface area contributed by atoms with Gasteiger partial charge in [0.25, 0.3) is 0 Å². The minimum atomic E-state index is -1.76. The maximum atomic E-state index is 11.4. The van der Waals surface area contributed by atoms with E-state index >= 15 is 0 Å². The van der Waals surface area contributed by atoms with Crippen molar-refractivity contribution < 1.29 is 9.53 Å². The summed E-state index contributed by atoms with van der Waals surface area (Å²) >= 11 is 0. The fraction of sp³-hybridized carbons (Fsp3) is 0.588. The Kier molecular flexibility index (Phi) is 5.30. The molecule has 1 rings (SSSR count). The average Bonchev–Trinajstić information content (AvgIpc) is 2.70. The van der Waals surface area contributed by atoms with Gasteiger partial charge in [0.15, 0.2) is 5.41 Å². The lowest BCUT2D eigenvalue weighted by Crippen LogP contribution is -2.45. The Morgan fingerprint density at radius 3 is 2.17 bits per heavy atom. The van der Waals surface area contributed by atoms with Crippen molar-refractivity contribution in [3.8, 4) is 18.2 Å². The van der Waals surface area contributed by atoms with E-state index in [2.05, 4.69) is 0 Å². The number of hydrogen-bond donors (Lipinski definition) is 1. The van der Waals surface area contributed by atoms with Gasteiger partial charge in [0.2, 0.25) is 0 Å². The Bertz CT molecular complexity index is 633. The zero-order chi connectivity index (χ0) is 17.8. The second-order valence-corrected chi connectivity index (χ2v) is 6.12. The van der Waals surface area contributed by atoms with Crippen LogP contribution in [-0.4, -0.2) is 18.1 Å². The van der Waals surface area contributed by atoms with Gasteiger partial charge in [-0.2, -0.15) is 15.8 Å². The summed E-state index contributed by atoms with van der Waals surface area (Å²) in [6.45, 7) is 6.90. The average molecular weight is 312 g/mol. The Hall–Kier alpha value is -2.65. The lowest BCUT2D eigenvalue weighted by atomic mass is 9.59. The molecule has 0 heterocycles. The summed E-state index contributed by atoms with van der Waals surface area (Å²) in [6, 6.07) is 5.89. The van der Waals surface area contributed by atoms with Crippen molar-refractivity contribution in [2.24, 2.45) is 28.6 Å². The van der Waals surface area contributed by atoms with Crippen molar-refractivity contribution in [3.63, 3.8) is 0 Å². The summed E-state index contributed by atoms with van der Waals surface area (Å²) < 4.78 is 5.32. The molecule has 0 aliphatic heterocycles. The highest BCUT2D eigenvalue weighted by Crippen LogP contribution is 2.59. The summed E-state index contributed by atoms with van der Waals surface area (Å²) in [6.07, 6.45) is 3.48. The van der Waals surface area contributed by atoms with Crippen molar-refractivity contribution in [2.45, 2.75) is 33.8 Å². The van der Waals surface area contributed by atoms with Crippen molar-refractivity contribution >= 4 is 12.0 Å². The molecule has 0 unspecified atom stereocenters. The SMILES string of the molecule is CC(C)O/C=C/[C@H](C)[C@@]1(C#N)C(=N)[C@H](C=O)[C@H](C)C1(C#N)C#N. The zero-order valence-corrected chi connectivity index (χ0v) is 13.7. The van der Waals surface area contributed by atoms with Gasteiger partial charge in [0.1, 0.15) is 11.7 Å². The fourth-order valence-corrected chi connectivity index (χ4v) is 3.26. The number of nitrogens with one attached hydrogen (secondary N) is 1. The van der Waals surface area contributed by atoms with Gasteiger partial charge in [-0.05, 0) is 19.9 Å². The molecule has 4 atom stereocenters. The van der Waals surface area contributed by atoms with Crippen LogP contribution in [0.25, 0.3) is 0 Å². The van der Waals surface area contributed by atoms with Gasteiger partial charge in [-0.15, -0.1) is 0 Å². The monoisotopic (exact) mass is 312 g/mol. The molecule has 0 saturated heterocycles. The molecule has 1 saturated carbocycles. The zero-order valence-electron chi connectivity index (χ0n) is 13.7. The van der Waals surface area contributed by atoms with Crippen molar-refractivity contribution in [3.05, 3.63) is 12.3 Å². The largest absolute Gasteiger partial charge is 0.499 e. The number of ether oxygens (including phenoxy) is 1. The van der Waals surface area contributed by atoms with Gasteiger partial charge < -0.3 is 14.9 Å². The number of carbonyl (C=O) groups excluding carboxylic acids is 1. The topological polar surface area (TPSA) is 122 Å². The predicted octanol–water partition coefficient (Wildman–Crippen LogP) is 2.59. The van der Waals surface area contributed by atoms with Crippen LogP contribution in [0, 0.1) is 68.0 Å². The minimum absolute atomic E-state index is 0.0575. The minimum Gasteiger partial charge on any atom is -0.499 e. The quantitative estimate of drug-likeness (QED) is 0.617. The molecule has 0 aromatic heterocycles. The number of allylic oxidation sites excluding steroid dienone is 1. The Labute approximate surface area is 136 Å². The highest BCUT2D eigenvalue weighted by Gasteiger charge is 2.70. The van der Waals surface area contributed by atoms with Crippen LogP contribution in [0.3, 0.4) is 0 Å². The first-order valence-corrected chi connectivity index (χ1v) is 7.39. The van der Waals surface area contributed by atoms with Gasteiger partial charge in [-0.25, -0.2) is 0 Å². The van der Waals surface area contributed by atoms with Crippen molar-refractivity contribution in [2.75, 3.05) is 0 Å². The summed E-state index contributed by atoms with van der Waals surface area (Å²) in [5.41, 5.74) is -3.61. The van der Waals surface area contributed by atoms with Crippen molar-refractivity contribution in [1.82, 2.24) is 0 Å². The highest BCUT2D eigenvalue weighted by atomic mass is 16.5. The number of hydrogen-bond acceptors (Lipinski definition) is 6. The third kappa shape index (κ3) is 2.39. The molecule has 0 amide bonds. The Morgan fingerprint density at radius 2 is 1.78 bits per heavy atom. The molecule has 1 fully saturated rings. The van der Waals surface area contributed by atoms with Crippen LogP contribution in [0.5, 0.6) is 0 Å². The van der Waals surface area contributed by atoms with Gasteiger partial charge in [-0.3, -0.25) is 0 Å². The first-order valence-electron chi connectivity index (χ1n) is 7.39. The molecule has 1 aliphatic carbocycles. The summed E-state index contributed by atoms with van der Waals surface area (Å²) in [4.78, 5) is 11.4. The van der Waals surface area contributed by atoms with Crippen LogP contribution in [0.2, 0.25) is 0 Å². The maximum Gasteiger partial charge on any atom is 0.171 e. The molecule has 1 N–H and O–H groups in total. The van der Waals surface area contributed by atoms with E-state index in [1.54, 1.807) is 19.9 Å². The number of rotatable bonds is 5. The molecule has 120 valence electrons. The number of nitriles is 3. The molecular weight excluding hydrogens is 292 g/mol. The van der Waals surface area contributed by atoms with E-state index in [1.165, 1.54) is 6.26 Å². The van der Waals surface area contributed by atoms with Gasteiger partial charge in [0, 0.05) is 17.5 Å². The molecule has 0 radical (unpaired) electrons. The van der Waals surface area contributed by atoms with Crippen LogP contribution >= 0.6 is 0 Å². The van der Waals surface area contributed by atoms with Crippen LogP contribution < -0.4 is 0 Å². The van der Waals surface area contributed by atoms with E-state index < -0.39 is 28.6 Å². The van der Waals surface area contributed by atoms with E-state index in [-0.39, 0.29) is 11.8 Å². The second kappa shape index (κ2) is 6.63. The molecule has 0 spiro atoms. The summed E-state index contributed by atoms with van der Waals surface area (Å²) in [7, 11) is 0. The lowest BCUT2D eigenvalue weighted by Gasteiger charge is -2.35. The third-order valence-corrected chi connectivity index (χ3v) is 4.68. The second-order valence-electron chi connectivity index (χ2n) is 6.12. The van der Waals surface area contributed by atoms with E-state index in [1.807, 2.05) is 32.1 Å². The van der Waals surface area contributed by atoms with Crippen molar-refractivity contribution in [1.29, 1.82) is 21.2 Å². The first-order chi connectivity index (χ1) is 10.8. The number of nitrogens with zero attached hydrogens (tertiary/aromatic N) is 3. The normalized spacial score (nSPS) is 30.4. The molecule has 0 bridgehead atoms. The number of aldehydes is 1. The smallest absolute Gasteiger partial charge is 0.171 e. The van der Waals surface area contributed by atoms with Crippen LogP contribution in [-0.2, 0) is 9.53 Å². The summed E-state index contributed by atoms with van der Waals surface area (Å²) in [5.74, 6) is -2.29. The van der Waals surface area contributed by atoms with E-state index in [9.17, 15) is 20.6 Å². The molecule has 6 nitrogen and oxygen atoms in total. The van der Waals surface area contributed by atoms with E-state index in [0.717, 1.165) is 0 Å². The van der Waals surface area contributed by atoms with Gasteiger partial charge in [0.05, 0.1) is 36.5 Å². The molecule has 0 aromatic rings. The Morgan fingerprint density at radius 1 is 1.22 bits per heavy atom. The molecule has 1 aliphatic rings.